The quantitative estimate of drug-likeness (QED) is 0.511. The molecule has 0 aliphatic carbocycles. The minimum Gasteiger partial charge on any atom is -0.480 e. The first kappa shape index (κ1) is 21.1. The minimum absolute atomic E-state index is 0.222. The normalized spacial score (nSPS) is 13.3. The van der Waals surface area contributed by atoms with Crippen molar-refractivity contribution in [2.45, 2.75) is 31.9 Å². The zero-order valence-electron chi connectivity index (χ0n) is 17.5. The second-order valence-electron chi connectivity index (χ2n) is 7.60. The zero-order valence-corrected chi connectivity index (χ0v) is 18.3. The van der Waals surface area contributed by atoms with Crippen molar-refractivity contribution in [2.75, 3.05) is 12.5 Å². The molecule has 0 radical (unpaired) electrons. The number of oxazole rings is 1. The third kappa shape index (κ3) is 4.80. The van der Waals surface area contributed by atoms with Crippen LogP contribution in [0.1, 0.15) is 36.8 Å². The van der Waals surface area contributed by atoms with E-state index in [9.17, 15) is 4.79 Å². The van der Waals surface area contributed by atoms with Crippen molar-refractivity contribution in [3.05, 3.63) is 59.4 Å². The average molecular weight is 442 g/mol. The van der Waals surface area contributed by atoms with Gasteiger partial charge in [0.25, 0.3) is 0 Å². The second-order valence-corrected chi connectivity index (χ2v) is 9.24. The van der Waals surface area contributed by atoms with Gasteiger partial charge < -0.3 is 23.4 Å². The summed E-state index contributed by atoms with van der Waals surface area (Å²) in [5.41, 5.74) is 1.62. The van der Waals surface area contributed by atoms with Gasteiger partial charge in [-0.25, -0.2) is 4.98 Å². The highest BCUT2D eigenvalue weighted by Crippen LogP contribution is 2.36. The van der Waals surface area contributed by atoms with Crippen LogP contribution in [0.4, 0.5) is 0 Å². The van der Waals surface area contributed by atoms with Crippen molar-refractivity contribution in [3.63, 3.8) is 0 Å². The van der Waals surface area contributed by atoms with Crippen molar-refractivity contribution in [3.8, 4) is 23.0 Å². The molecular formula is C23H23NO6S. The lowest BCUT2D eigenvalue weighted by Crippen LogP contribution is -2.27. The molecule has 0 saturated heterocycles. The molecule has 31 heavy (non-hydrogen) atoms. The Bertz CT molecular complexity index is 1130. The highest BCUT2D eigenvalue weighted by atomic mass is 32.2. The number of carboxylic acids is 1. The van der Waals surface area contributed by atoms with E-state index in [4.69, 9.17) is 23.4 Å². The maximum atomic E-state index is 11.1. The molecule has 7 nitrogen and oxygen atoms in total. The van der Waals surface area contributed by atoms with Crippen LogP contribution in [-0.4, -0.2) is 33.4 Å². The first-order valence-electron chi connectivity index (χ1n) is 9.81. The molecule has 0 atom stereocenters. The first-order valence-corrected chi connectivity index (χ1v) is 10.8. The Labute approximate surface area is 184 Å². The van der Waals surface area contributed by atoms with E-state index in [1.165, 1.54) is 11.8 Å². The molecule has 0 bridgehead atoms. The zero-order chi connectivity index (χ0) is 22.0. The van der Waals surface area contributed by atoms with E-state index in [-0.39, 0.29) is 6.79 Å². The summed E-state index contributed by atoms with van der Waals surface area (Å²) in [6.45, 7) is 5.48. The molecule has 3 aromatic rings. The third-order valence-corrected chi connectivity index (χ3v) is 6.13. The summed E-state index contributed by atoms with van der Waals surface area (Å²) in [6.07, 6.45) is 4.26. The molecule has 2 aromatic heterocycles. The fourth-order valence-electron chi connectivity index (χ4n) is 2.97. The predicted molar refractivity (Wildman–Crippen MR) is 118 cm³/mol. The van der Waals surface area contributed by atoms with Crippen LogP contribution in [0.25, 0.3) is 17.5 Å². The van der Waals surface area contributed by atoms with Gasteiger partial charge in [0, 0.05) is 11.3 Å². The van der Waals surface area contributed by atoms with E-state index in [0.29, 0.717) is 35.3 Å². The van der Waals surface area contributed by atoms with Crippen LogP contribution in [0.15, 0.2) is 45.2 Å². The molecule has 0 unspecified atom stereocenters. The lowest BCUT2D eigenvalue weighted by molar-refractivity contribution is -0.138. The van der Waals surface area contributed by atoms with Gasteiger partial charge in [-0.3, -0.25) is 4.79 Å². The number of thioether (sulfide) groups is 1. The molecule has 0 spiro atoms. The summed E-state index contributed by atoms with van der Waals surface area (Å²) in [5.74, 6) is 3.89. The van der Waals surface area contributed by atoms with Gasteiger partial charge in [-0.15, -0.1) is 11.8 Å². The third-order valence-electron chi connectivity index (χ3n) is 4.87. The number of ether oxygens (including phenoxy) is 2. The van der Waals surface area contributed by atoms with Gasteiger partial charge in [0.15, 0.2) is 11.5 Å². The van der Waals surface area contributed by atoms with Crippen LogP contribution in [0.5, 0.6) is 11.5 Å². The summed E-state index contributed by atoms with van der Waals surface area (Å²) >= 11 is 1.36. The molecule has 1 N–H and O–H groups in total. The fourth-order valence-corrected chi connectivity index (χ4v) is 3.70. The Morgan fingerprint density at radius 2 is 2.00 bits per heavy atom. The summed E-state index contributed by atoms with van der Waals surface area (Å²) in [5, 5.41) is 9.15. The van der Waals surface area contributed by atoms with E-state index in [1.807, 2.05) is 49.4 Å². The number of nitrogens with zero attached hydrogens (tertiary/aromatic N) is 1. The maximum absolute atomic E-state index is 11.1. The van der Waals surface area contributed by atoms with Crippen molar-refractivity contribution >= 4 is 23.8 Å². The lowest BCUT2D eigenvalue weighted by Gasteiger charge is -2.16. The average Bonchev–Trinajstić information content (AvgIpc) is 3.45. The molecule has 0 amide bonds. The largest absolute Gasteiger partial charge is 0.480 e. The maximum Gasteiger partial charge on any atom is 0.319 e. The van der Waals surface area contributed by atoms with Crippen molar-refractivity contribution in [1.82, 2.24) is 4.98 Å². The Balaban J connectivity index is 1.40. The van der Waals surface area contributed by atoms with Crippen LogP contribution in [0.2, 0.25) is 0 Å². The van der Waals surface area contributed by atoms with Gasteiger partial charge in [0.2, 0.25) is 12.7 Å². The molecule has 0 fully saturated rings. The van der Waals surface area contributed by atoms with Crippen molar-refractivity contribution in [2.24, 2.45) is 0 Å². The Hall–Kier alpha value is -3.13. The number of carboxylic acid groups (broad SMARTS) is 1. The smallest absolute Gasteiger partial charge is 0.319 e. The van der Waals surface area contributed by atoms with E-state index < -0.39 is 10.7 Å². The number of fused-ring (bicyclic) bond motifs is 1. The SMILES string of the molecule is Cc1oc(-c2ccc3c(c2)OCO3)nc1Cc1ccc(C=CCSC(C)(C)C(=O)O)o1. The van der Waals surface area contributed by atoms with E-state index in [1.54, 1.807) is 13.8 Å². The molecule has 0 saturated carbocycles. The van der Waals surface area contributed by atoms with E-state index in [2.05, 4.69) is 4.98 Å². The Morgan fingerprint density at radius 3 is 2.81 bits per heavy atom. The predicted octanol–water partition coefficient (Wildman–Crippen LogP) is 5.17. The molecular weight excluding hydrogens is 418 g/mol. The first-order chi connectivity index (χ1) is 14.8. The number of furan rings is 1. The molecule has 1 aliphatic rings. The molecule has 162 valence electrons. The molecule has 3 heterocycles. The molecule has 1 aromatic carbocycles. The van der Waals surface area contributed by atoms with Crippen LogP contribution >= 0.6 is 11.8 Å². The number of aromatic nitrogens is 1. The minimum atomic E-state index is -0.825. The summed E-state index contributed by atoms with van der Waals surface area (Å²) < 4.78 is 21.7. The standard InChI is InChI=1S/C23H23NO6S/c1-14-18(24-21(29-14)15-6-9-19-20(11-15)28-13-27-19)12-17-8-7-16(30-17)5-4-10-31-23(2,3)22(25)26/h4-9,11H,10,12-13H2,1-3H3,(H,25,26). The summed E-state index contributed by atoms with van der Waals surface area (Å²) in [6, 6.07) is 9.38. The van der Waals surface area contributed by atoms with Crippen LogP contribution in [0, 0.1) is 6.92 Å². The lowest BCUT2D eigenvalue weighted by atomic mass is 10.2. The number of aryl methyl sites for hydroxylation is 1. The van der Waals surface area contributed by atoms with E-state index >= 15 is 0 Å². The molecule has 8 heteroatoms. The Morgan fingerprint density at radius 1 is 1.19 bits per heavy atom. The van der Waals surface area contributed by atoms with E-state index in [0.717, 1.165) is 22.8 Å². The van der Waals surface area contributed by atoms with Crippen molar-refractivity contribution < 1.29 is 28.2 Å². The number of carbonyl (C=O) groups is 1. The fraction of sp³-hybridized carbons (Fsp3) is 0.304. The number of rotatable bonds is 8. The number of aliphatic carboxylic acids is 1. The van der Waals surface area contributed by atoms with Gasteiger partial charge in [-0.2, -0.15) is 0 Å². The number of benzene rings is 1. The van der Waals surface area contributed by atoms with Gasteiger partial charge >= 0.3 is 5.97 Å². The highest BCUT2D eigenvalue weighted by Gasteiger charge is 2.26. The molecule has 4 rings (SSSR count). The highest BCUT2D eigenvalue weighted by molar-refractivity contribution is 8.01. The van der Waals surface area contributed by atoms with Crippen LogP contribution < -0.4 is 9.47 Å². The van der Waals surface area contributed by atoms with Crippen LogP contribution in [-0.2, 0) is 11.2 Å². The van der Waals surface area contributed by atoms with Gasteiger partial charge in [-0.05, 0) is 57.2 Å². The van der Waals surface area contributed by atoms with Crippen LogP contribution in [0.3, 0.4) is 0 Å². The topological polar surface area (TPSA) is 94.9 Å². The van der Waals surface area contributed by atoms with Gasteiger partial charge in [-0.1, -0.05) is 6.08 Å². The summed E-state index contributed by atoms with van der Waals surface area (Å²) in [7, 11) is 0. The van der Waals surface area contributed by atoms with Gasteiger partial charge in [0.1, 0.15) is 22.0 Å². The van der Waals surface area contributed by atoms with Gasteiger partial charge in [0.05, 0.1) is 12.1 Å². The summed E-state index contributed by atoms with van der Waals surface area (Å²) in [4.78, 5) is 15.8. The number of hydrogen-bond acceptors (Lipinski definition) is 7. The molecule has 1 aliphatic heterocycles. The monoisotopic (exact) mass is 441 g/mol. The van der Waals surface area contributed by atoms with Crippen molar-refractivity contribution in [1.29, 1.82) is 0 Å². The second kappa shape index (κ2) is 8.55. The number of hydrogen-bond donors (Lipinski definition) is 1. The Kier molecular flexibility index (Phi) is 5.82.